The van der Waals surface area contributed by atoms with E-state index in [1.807, 2.05) is 4.90 Å². The number of esters is 1. The fourth-order valence-corrected chi connectivity index (χ4v) is 14.3. The van der Waals surface area contributed by atoms with E-state index < -0.39 is 36.2 Å². The molecule has 0 aromatic rings. The van der Waals surface area contributed by atoms with Crippen LogP contribution < -0.4 is 0 Å². The van der Waals surface area contributed by atoms with Gasteiger partial charge >= 0.3 is 5.97 Å². The van der Waals surface area contributed by atoms with Crippen molar-refractivity contribution in [1.82, 2.24) is 4.90 Å². The lowest BCUT2D eigenvalue weighted by Gasteiger charge is -2.63. The molecule has 1 amide bonds. The van der Waals surface area contributed by atoms with Crippen LogP contribution in [-0.2, 0) is 33.3 Å². The number of hydrogen-bond acceptors (Lipinski definition) is 9. The topological polar surface area (TPSA) is 124 Å². The van der Waals surface area contributed by atoms with Gasteiger partial charge in [-0.15, -0.1) is 0 Å². The molecule has 3 saturated heterocycles. The quantitative estimate of drug-likeness (QED) is 0.403. The Labute approximate surface area is 292 Å². The average Bonchev–Trinajstić information content (AvgIpc) is 3.69. The minimum Gasteiger partial charge on any atom is -0.457 e. The first kappa shape index (κ1) is 34.8. The van der Waals surface area contributed by atoms with E-state index in [0.29, 0.717) is 38.0 Å². The minimum absolute atomic E-state index is 0.0129. The second-order valence-electron chi connectivity index (χ2n) is 19.4. The summed E-state index contributed by atoms with van der Waals surface area (Å²) in [4.78, 5) is 26.4. The monoisotopic (exact) mass is 687 g/mol. The third-order valence-corrected chi connectivity index (χ3v) is 16.5. The van der Waals surface area contributed by atoms with E-state index in [1.54, 1.807) is 13.8 Å². The molecule has 2 bridgehead atoms. The number of rotatable bonds is 5. The highest BCUT2D eigenvalue weighted by atomic mass is 16.7. The highest BCUT2D eigenvalue weighted by molar-refractivity contribution is 5.78. The number of carbonyl (C=O) groups excluding carboxylic acids is 2. The smallest absolute Gasteiger partial charge is 0.303 e. The summed E-state index contributed by atoms with van der Waals surface area (Å²) in [5.74, 6) is 0.951. The van der Waals surface area contributed by atoms with Gasteiger partial charge in [-0.05, 0) is 111 Å². The van der Waals surface area contributed by atoms with Crippen molar-refractivity contribution in [3.8, 4) is 0 Å². The van der Waals surface area contributed by atoms with Crippen LogP contribution in [0, 0.1) is 50.7 Å². The molecule has 0 aromatic heterocycles. The molecule has 5 saturated carbocycles. The van der Waals surface area contributed by atoms with E-state index in [0.717, 1.165) is 32.1 Å². The predicted molar refractivity (Wildman–Crippen MR) is 179 cm³/mol. The van der Waals surface area contributed by atoms with Crippen molar-refractivity contribution >= 4 is 11.9 Å². The highest BCUT2D eigenvalue weighted by Crippen LogP contribution is 2.89. The normalized spacial score (nSPS) is 52.0. The third kappa shape index (κ3) is 4.71. The SMILES string of the molecule is CC(=O)OC(C1CC(C)C2C(O1)C(O)C1(C)C3CCC4C(C)(C)C(OC5CN6CC(CO5)OCC6=O)CCC45CC35CCC21C)C(C)(C)O. The van der Waals surface area contributed by atoms with Crippen molar-refractivity contribution in [3.05, 3.63) is 0 Å². The number of aliphatic hydroxyl groups excluding tert-OH is 1. The van der Waals surface area contributed by atoms with E-state index in [4.69, 9.17) is 23.7 Å². The van der Waals surface area contributed by atoms with E-state index in [1.165, 1.54) is 19.8 Å². The zero-order valence-electron chi connectivity index (χ0n) is 31.0. The van der Waals surface area contributed by atoms with Gasteiger partial charge in [-0.25, -0.2) is 0 Å². The molecule has 2 N–H and O–H groups in total. The van der Waals surface area contributed by atoms with E-state index in [-0.39, 0.29) is 69.7 Å². The Morgan fingerprint density at radius 2 is 1.73 bits per heavy atom. The Morgan fingerprint density at radius 1 is 1.02 bits per heavy atom. The summed E-state index contributed by atoms with van der Waals surface area (Å²) < 4.78 is 31.2. The molecule has 5 aliphatic carbocycles. The summed E-state index contributed by atoms with van der Waals surface area (Å²) >= 11 is 0. The maximum Gasteiger partial charge on any atom is 0.303 e. The zero-order chi connectivity index (χ0) is 35.1. The van der Waals surface area contributed by atoms with Crippen molar-refractivity contribution in [2.45, 2.75) is 155 Å². The largest absolute Gasteiger partial charge is 0.457 e. The maximum absolute atomic E-state index is 12.6. The molecule has 2 spiro atoms. The van der Waals surface area contributed by atoms with Crippen molar-refractivity contribution < 1.29 is 43.5 Å². The second-order valence-corrected chi connectivity index (χ2v) is 19.4. The van der Waals surface area contributed by atoms with Gasteiger partial charge in [0.1, 0.15) is 6.61 Å². The molecule has 10 nitrogen and oxygen atoms in total. The minimum atomic E-state index is -1.27. The third-order valence-electron chi connectivity index (χ3n) is 16.5. The van der Waals surface area contributed by atoms with Crippen molar-refractivity contribution in [2.24, 2.45) is 50.7 Å². The Bertz CT molecular complexity index is 1360. The summed E-state index contributed by atoms with van der Waals surface area (Å²) in [6, 6.07) is 0. The fourth-order valence-electron chi connectivity index (χ4n) is 14.3. The van der Waals surface area contributed by atoms with Crippen LogP contribution in [0.15, 0.2) is 0 Å². The van der Waals surface area contributed by atoms with Gasteiger partial charge in [0, 0.05) is 18.9 Å². The van der Waals surface area contributed by atoms with Gasteiger partial charge in [-0.1, -0.05) is 34.6 Å². The molecule has 10 heteroatoms. The summed E-state index contributed by atoms with van der Waals surface area (Å²) in [7, 11) is 0. The van der Waals surface area contributed by atoms with E-state index in [9.17, 15) is 19.8 Å². The Balaban J connectivity index is 1.03. The first-order valence-corrected chi connectivity index (χ1v) is 19.3. The lowest BCUT2D eigenvalue weighted by molar-refractivity contribution is -0.234. The molecule has 15 unspecified atom stereocenters. The number of carbonyl (C=O) groups is 2. The number of aliphatic hydroxyl groups is 2. The summed E-state index contributed by atoms with van der Waals surface area (Å²) in [5, 5.41) is 23.6. The van der Waals surface area contributed by atoms with E-state index >= 15 is 0 Å². The second kappa shape index (κ2) is 11.1. The van der Waals surface area contributed by atoms with Gasteiger partial charge in [0.2, 0.25) is 5.91 Å². The molecule has 0 radical (unpaired) electrons. The van der Waals surface area contributed by atoms with E-state index in [2.05, 4.69) is 34.6 Å². The van der Waals surface area contributed by atoms with Crippen LogP contribution >= 0.6 is 0 Å². The molecule has 8 fully saturated rings. The number of ether oxygens (including phenoxy) is 5. The van der Waals surface area contributed by atoms with Gasteiger partial charge in [0.15, 0.2) is 12.4 Å². The number of nitrogens with zero attached hydrogens (tertiary/aromatic N) is 1. The molecule has 0 aromatic carbocycles. The molecule has 15 atom stereocenters. The molecule has 3 aliphatic heterocycles. The lowest BCUT2D eigenvalue weighted by Crippen LogP contribution is -2.60. The molecule has 3 heterocycles. The van der Waals surface area contributed by atoms with Gasteiger partial charge in [0.25, 0.3) is 0 Å². The Hall–Kier alpha value is -1.30. The van der Waals surface area contributed by atoms with Crippen LogP contribution in [-0.4, -0.2) is 102 Å². The molecule has 8 rings (SSSR count). The van der Waals surface area contributed by atoms with Crippen LogP contribution in [0.3, 0.4) is 0 Å². The molecular weight excluding hydrogens is 626 g/mol. The maximum atomic E-state index is 12.6. The Kier molecular flexibility index (Phi) is 7.88. The van der Waals surface area contributed by atoms with Gasteiger partial charge in [-0.3, -0.25) is 9.59 Å². The standard InChI is InChI=1S/C39H61NO9/c1-21-15-24(33(35(5,6)44)47-22(2)41)48-31-30(21)36(7)13-14-39-20-38(39)12-11-27(49-29-17-40-16-23(18-46-29)45-19-28(40)42)34(3,4)25(38)9-10-26(39)37(36,8)32(31)43/h21,23-27,29-33,43-44H,9-20H2,1-8H3. The van der Waals surface area contributed by atoms with Crippen molar-refractivity contribution in [1.29, 1.82) is 0 Å². The van der Waals surface area contributed by atoms with Crippen molar-refractivity contribution in [2.75, 3.05) is 26.3 Å². The molecule has 8 aliphatic rings. The van der Waals surface area contributed by atoms with Crippen LogP contribution in [0.4, 0.5) is 0 Å². The zero-order valence-corrected chi connectivity index (χ0v) is 31.0. The molecular formula is C39H61NO9. The Morgan fingerprint density at radius 3 is 2.45 bits per heavy atom. The number of morpholine rings is 1. The van der Waals surface area contributed by atoms with Crippen LogP contribution in [0.25, 0.3) is 0 Å². The number of fused-ring (bicyclic) bond motifs is 6. The fraction of sp³-hybridized carbons (Fsp3) is 0.949. The van der Waals surface area contributed by atoms with Gasteiger partial charge < -0.3 is 38.8 Å². The average molecular weight is 688 g/mol. The lowest BCUT2D eigenvalue weighted by atomic mass is 9.41. The van der Waals surface area contributed by atoms with Gasteiger partial charge in [0.05, 0.1) is 49.3 Å². The van der Waals surface area contributed by atoms with Crippen LogP contribution in [0.1, 0.15) is 107 Å². The van der Waals surface area contributed by atoms with Gasteiger partial charge in [-0.2, -0.15) is 0 Å². The summed E-state index contributed by atoms with van der Waals surface area (Å²) in [5.41, 5.74) is -1.25. The highest BCUT2D eigenvalue weighted by Gasteiger charge is 2.84. The van der Waals surface area contributed by atoms with Crippen molar-refractivity contribution in [3.63, 3.8) is 0 Å². The van der Waals surface area contributed by atoms with Crippen LogP contribution in [0.5, 0.6) is 0 Å². The molecule has 49 heavy (non-hydrogen) atoms. The summed E-state index contributed by atoms with van der Waals surface area (Å²) in [6.45, 7) is 18.3. The molecule has 276 valence electrons. The summed E-state index contributed by atoms with van der Waals surface area (Å²) in [6.07, 6.45) is 5.75. The predicted octanol–water partition coefficient (Wildman–Crippen LogP) is 4.47. The first-order chi connectivity index (χ1) is 22.9. The van der Waals surface area contributed by atoms with Crippen LogP contribution in [0.2, 0.25) is 0 Å². The number of amides is 1. The first-order valence-electron chi connectivity index (χ1n) is 19.3. The number of hydrogen-bond donors (Lipinski definition) is 2.